The Balaban J connectivity index is 2.01. The van der Waals surface area contributed by atoms with Crippen LogP contribution in [0, 0.1) is 0 Å². The molecule has 0 fully saturated rings. The van der Waals surface area contributed by atoms with Crippen LogP contribution in [0.2, 0.25) is 0 Å². The largest absolute Gasteiger partial charge is 0.497 e. The molecule has 0 spiro atoms. The smallest absolute Gasteiger partial charge is 0.118 e. The molecule has 96 valence electrons. The molecule has 1 aromatic carbocycles. The van der Waals surface area contributed by atoms with Crippen LogP contribution in [0.5, 0.6) is 5.75 Å². The molecule has 1 unspecified atom stereocenters. The van der Waals surface area contributed by atoms with Crippen LogP contribution in [-0.2, 0) is 13.0 Å². The summed E-state index contributed by atoms with van der Waals surface area (Å²) in [4.78, 5) is 0. The third-order valence-electron chi connectivity index (χ3n) is 2.89. The van der Waals surface area contributed by atoms with Crippen LogP contribution in [0.4, 0.5) is 0 Å². The fraction of sp³-hybridized carbons (Fsp3) is 0.333. The lowest BCUT2D eigenvalue weighted by Crippen LogP contribution is -2.17. The Morgan fingerprint density at radius 3 is 2.50 bits per heavy atom. The topological polar surface area (TPSA) is 40.2 Å². The van der Waals surface area contributed by atoms with Crippen LogP contribution in [0.25, 0.3) is 0 Å². The van der Waals surface area contributed by atoms with E-state index >= 15 is 0 Å². The molecule has 1 heterocycles. The minimum absolute atomic E-state index is 0.210. The van der Waals surface area contributed by atoms with Crippen molar-refractivity contribution in [2.24, 2.45) is 5.73 Å². The average Bonchev–Trinajstić information content (AvgIpc) is 2.76. The van der Waals surface area contributed by atoms with Gasteiger partial charge in [-0.2, -0.15) is 0 Å². The van der Waals surface area contributed by atoms with Gasteiger partial charge in [0.2, 0.25) is 0 Å². The second-order valence-corrected chi connectivity index (χ2v) is 4.72. The van der Waals surface area contributed by atoms with Gasteiger partial charge in [-0.1, -0.05) is 12.1 Å². The Bertz CT molecular complexity index is 485. The molecule has 0 saturated heterocycles. The molecule has 2 N–H and O–H groups in total. The van der Waals surface area contributed by atoms with Crippen molar-refractivity contribution >= 4 is 0 Å². The maximum absolute atomic E-state index is 5.80. The van der Waals surface area contributed by atoms with Crippen LogP contribution >= 0.6 is 0 Å². The molecule has 3 nitrogen and oxygen atoms in total. The number of aromatic nitrogens is 1. The number of ether oxygens (including phenoxy) is 1. The summed E-state index contributed by atoms with van der Waals surface area (Å²) in [7, 11) is 1.68. The Kier molecular flexibility index (Phi) is 4.05. The molecule has 1 atom stereocenters. The van der Waals surface area contributed by atoms with Gasteiger partial charge in [-0.25, -0.2) is 0 Å². The Morgan fingerprint density at radius 1 is 1.17 bits per heavy atom. The Hall–Kier alpha value is -1.74. The Morgan fingerprint density at radius 2 is 1.89 bits per heavy atom. The van der Waals surface area contributed by atoms with Gasteiger partial charge in [0.05, 0.1) is 7.11 Å². The van der Waals surface area contributed by atoms with Gasteiger partial charge in [-0.3, -0.25) is 0 Å². The van der Waals surface area contributed by atoms with E-state index in [0.29, 0.717) is 0 Å². The summed E-state index contributed by atoms with van der Waals surface area (Å²) in [6.45, 7) is 2.91. The van der Waals surface area contributed by atoms with E-state index in [0.717, 1.165) is 18.7 Å². The van der Waals surface area contributed by atoms with Crippen LogP contribution < -0.4 is 10.5 Å². The van der Waals surface area contributed by atoms with E-state index in [1.807, 2.05) is 19.1 Å². The van der Waals surface area contributed by atoms with Gasteiger partial charge in [0.15, 0.2) is 0 Å². The van der Waals surface area contributed by atoms with Gasteiger partial charge in [0, 0.05) is 25.0 Å². The molecule has 3 heteroatoms. The van der Waals surface area contributed by atoms with Crippen LogP contribution in [0.1, 0.15) is 18.1 Å². The first-order chi connectivity index (χ1) is 8.67. The highest BCUT2D eigenvalue weighted by Gasteiger charge is 2.01. The minimum Gasteiger partial charge on any atom is -0.497 e. The lowest BCUT2D eigenvalue weighted by Gasteiger charge is -2.05. The molecule has 0 aliphatic carbocycles. The van der Waals surface area contributed by atoms with Gasteiger partial charge in [0.25, 0.3) is 0 Å². The highest BCUT2D eigenvalue weighted by atomic mass is 16.5. The fourth-order valence-electron chi connectivity index (χ4n) is 2.02. The summed E-state index contributed by atoms with van der Waals surface area (Å²) >= 11 is 0. The van der Waals surface area contributed by atoms with Crippen molar-refractivity contribution in [1.82, 2.24) is 4.57 Å². The number of nitrogens with zero attached hydrogens (tertiary/aromatic N) is 1. The summed E-state index contributed by atoms with van der Waals surface area (Å²) in [5.41, 5.74) is 8.35. The molecule has 0 bridgehead atoms. The summed E-state index contributed by atoms with van der Waals surface area (Å²) in [6.07, 6.45) is 5.19. The van der Waals surface area contributed by atoms with Gasteiger partial charge < -0.3 is 15.0 Å². The van der Waals surface area contributed by atoms with E-state index in [2.05, 4.69) is 35.2 Å². The van der Waals surface area contributed by atoms with Crippen LogP contribution in [0.15, 0.2) is 42.7 Å². The third-order valence-corrected chi connectivity index (χ3v) is 2.89. The SMILES string of the molecule is COc1ccc(Cn2ccc(CC(C)N)c2)cc1. The zero-order valence-electron chi connectivity index (χ0n) is 11.0. The second-order valence-electron chi connectivity index (χ2n) is 4.72. The molecule has 0 aliphatic rings. The van der Waals surface area contributed by atoms with E-state index < -0.39 is 0 Å². The van der Waals surface area contributed by atoms with E-state index in [4.69, 9.17) is 10.5 Å². The molecular formula is C15H20N2O. The molecule has 1 aromatic heterocycles. The zero-order valence-corrected chi connectivity index (χ0v) is 11.0. The molecule has 2 aromatic rings. The van der Waals surface area contributed by atoms with E-state index in [9.17, 15) is 0 Å². The lowest BCUT2D eigenvalue weighted by atomic mass is 10.1. The third kappa shape index (κ3) is 3.37. The number of methoxy groups -OCH3 is 1. The average molecular weight is 244 g/mol. The molecule has 0 radical (unpaired) electrons. The van der Waals surface area contributed by atoms with Crippen molar-refractivity contribution in [2.75, 3.05) is 7.11 Å². The molecule has 2 rings (SSSR count). The maximum atomic E-state index is 5.80. The quantitative estimate of drug-likeness (QED) is 0.877. The summed E-state index contributed by atoms with van der Waals surface area (Å²) in [5.74, 6) is 0.893. The number of rotatable bonds is 5. The molecule has 0 aliphatic heterocycles. The van der Waals surface area contributed by atoms with Crippen LogP contribution in [0.3, 0.4) is 0 Å². The van der Waals surface area contributed by atoms with Crippen LogP contribution in [-0.4, -0.2) is 17.7 Å². The standard InChI is InChI=1S/C15H20N2O/c1-12(16)9-14-7-8-17(11-14)10-13-3-5-15(18-2)6-4-13/h3-8,11-12H,9-10,16H2,1-2H3. The molecule has 18 heavy (non-hydrogen) atoms. The van der Waals surface area contributed by atoms with Crippen molar-refractivity contribution in [3.05, 3.63) is 53.9 Å². The fourth-order valence-corrected chi connectivity index (χ4v) is 2.02. The zero-order chi connectivity index (χ0) is 13.0. The first-order valence-corrected chi connectivity index (χ1v) is 6.20. The summed E-state index contributed by atoms with van der Waals surface area (Å²) in [5, 5.41) is 0. The Labute approximate surface area is 108 Å². The normalized spacial score (nSPS) is 12.4. The van der Waals surface area contributed by atoms with E-state index in [1.54, 1.807) is 7.11 Å². The van der Waals surface area contributed by atoms with Gasteiger partial charge >= 0.3 is 0 Å². The van der Waals surface area contributed by atoms with Gasteiger partial charge in [-0.05, 0) is 42.7 Å². The first-order valence-electron chi connectivity index (χ1n) is 6.20. The number of benzene rings is 1. The van der Waals surface area contributed by atoms with Gasteiger partial charge in [0.1, 0.15) is 5.75 Å². The predicted molar refractivity (Wildman–Crippen MR) is 73.9 cm³/mol. The van der Waals surface area contributed by atoms with Crippen molar-refractivity contribution < 1.29 is 4.74 Å². The molecule has 0 saturated carbocycles. The molecular weight excluding hydrogens is 224 g/mol. The van der Waals surface area contributed by atoms with E-state index in [1.165, 1.54) is 11.1 Å². The van der Waals surface area contributed by atoms with Crippen molar-refractivity contribution in [1.29, 1.82) is 0 Å². The second kappa shape index (κ2) is 5.74. The summed E-state index contributed by atoms with van der Waals surface area (Å²) < 4.78 is 7.33. The van der Waals surface area contributed by atoms with Gasteiger partial charge in [-0.15, -0.1) is 0 Å². The maximum Gasteiger partial charge on any atom is 0.118 e. The highest BCUT2D eigenvalue weighted by Crippen LogP contribution is 2.13. The monoisotopic (exact) mass is 244 g/mol. The highest BCUT2D eigenvalue weighted by molar-refractivity contribution is 5.27. The van der Waals surface area contributed by atoms with E-state index in [-0.39, 0.29) is 6.04 Å². The predicted octanol–water partition coefficient (Wildman–Crippen LogP) is 2.43. The minimum atomic E-state index is 0.210. The summed E-state index contributed by atoms with van der Waals surface area (Å²) in [6, 6.07) is 10.5. The van der Waals surface area contributed by atoms with Crippen molar-refractivity contribution in [2.45, 2.75) is 25.9 Å². The number of hydrogen-bond donors (Lipinski definition) is 1. The lowest BCUT2D eigenvalue weighted by molar-refractivity contribution is 0.414. The molecule has 0 amide bonds. The van der Waals surface area contributed by atoms with Crippen molar-refractivity contribution in [3.63, 3.8) is 0 Å². The first kappa shape index (κ1) is 12.7. The van der Waals surface area contributed by atoms with Crippen molar-refractivity contribution in [3.8, 4) is 5.75 Å². The number of hydrogen-bond acceptors (Lipinski definition) is 2. The number of nitrogens with two attached hydrogens (primary N) is 1.